The summed E-state index contributed by atoms with van der Waals surface area (Å²) in [7, 11) is 0. The van der Waals surface area contributed by atoms with Gasteiger partial charge in [-0.15, -0.1) is 0 Å². The average Bonchev–Trinajstić information content (AvgIpc) is 2.28. The van der Waals surface area contributed by atoms with Crippen LogP contribution in [0.15, 0.2) is 0 Å². The molecule has 0 saturated carbocycles. The van der Waals surface area contributed by atoms with E-state index in [1.807, 2.05) is 0 Å². The molecule has 17 heavy (non-hydrogen) atoms. The van der Waals surface area contributed by atoms with Gasteiger partial charge in [0.2, 0.25) is 5.91 Å². The van der Waals surface area contributed by atoms with Crippen molar-refractivity contribution in [3.8, 4) is 0 Å². The fourth-order valence-corrected chi connectivity index (χ4v) is 2.63. The maximum absolute atomic E-state index is 12.1. The monoisotopic (exact) mass is 240 g/mol. The maximum atomic E-state index is 12.1. The van der Waals surface area contributed by atoms with Crippen LogP contribution >= 0.6 is 0 Å². The zero-order valence-corrected chi connectivity index (χ0v) is 11.7. The van der Waals surface area contributed by atoms with Crippen LogP contribution in [-0.2, 0) is 4.79 Å². The van der Waals surface area contributed by atoms with Gasteiger partial charge in [0.05, 0.1) is 0 Å². The predicted octanol–water partition coefficient (Wildman–Crippen LogP) is 2.56. The molecular weight excluding hydrogens is 212 g/mol. The Hall–Kier alpha value is -0.570. The Kier molecular flexibility index (Phi) is 6.56. The molecule has 3 heteroatoms. The molecule has 1 amide bonds. The number of hydrogen-bond donors (Lipinski definition) is 1. The average molecular weight is 240 g/mol. The number of piperazine rings is 1. The van der Waals surface area contributed by atoms with E-state index in [1.165, 1.54) is 25.7 Å². The lowest BCUT2D eigenvalue weighted by Gasteiger charge is -2.39. The van der Waals surface area contributed by atoms with Crippen molar-refractivity contribution >= 4 is 5.91 Å². The van der Waals surface area contributed by atoms with E-state index in [-0.39, 0.29) is 0 Å². The van der Waals surface area contributed by atoms with Crippen LogP contribution in [0.2, 0.25) is 0 Å². The number of carbonyl (C=O) groups is 1. The minimum absolute atomic E-state index is 0.349. The Morgan fingerprint density at radius 3 is 2.29 bits per heavy atom. The van der Waals surface area contributed by atoms with E-state index >= 15 is 0 Å². The summed E-state index contributed by atoms with van der Waals surface area (Å²) in [4.78, 5) is 14.2. The highest BCUT2D eigenvalue weighted by atomic mass is 16.2. The van der Waals surface area contributed by atoms with Gasteiger partial charge in [0, 0.05) is 31.6 Å². The second-order valence-corrected chi connectivity index (χ2v) is 5.32. The number of unbranched alkanes of at least 4 members (excludes halogenated alkanes) is 4. The van der Waals surface area contributed by atoms with Gasteiger partial charge in [-0.2, -0.15) is 0 Å². The molecule has 2 unspecified atom stereocenters. The third-order valence-electron chi connectivity index (χ3n) is 3.61. The predicted molar refractivity (Wildman–Crippen MR) is 72.0 cm³/mol. The molecule has 0 aromatic heterocycles. The first kappa shape index (κ1) is 14.5. The highest BCUT2D eigenvalue weighted by Crippen LogP contribution is 2.14. The number of nitrogens with one attached hydrogen (secondary N) is 1. The Morgan fingerprint density at radius 1 is 1.12 bits per heavy atom. The molecule has 1 fully saturated rings. The molecule has 0 radical (unpaired) electrons. The van der Waals surface area contributed by atoms with Crippen LogP contribution < -0.4 is 5.32 Å². The summed E-state index contributed by atoms with van der Waals surface area (Å²) in [6.45, 7) is 8.36. The lowest BCUT2D eigenvalue weighted by molar-refractivity contribution is -0.136. The zero-order valence-electron chi connectivity index (χ0n) is 11.7. The smallest absolute Gasteiger partial charge is 0.223 e. The standard InChI is InChI=1S/C14H28N2O/c1-4-5-6-7-8-9-14(17)16-12(2)10-15-11-13(16)3/h12-13,15H,4-11H2,1-3H3. The number of nitrogens with zero attached hydrogens (tertiary/aromatic N) is 1. The minimum Gasteiger partial charge on any atom is -0.335 e. The fraction of sp³-hybridized carbons (Fsp3) is 0.929. The number of hydrogen-bond acceptors (Lipinski definition) is 2. The van der Waals surface area contributed by atoms with Crippen LogP contribution in [0, 0.1) is 0 Å². The molecule has 1 aliphatic rings. The van der Waals surface area contributed by atoms with Crippen LogP contribution in [0.1, 0.15) is 59.3 Å². The SMILES string of the molecule is CCCCCCCC(=O)N1C(C)CNCC1C. The van der Waals surface area contributed by atoms with E-state index in [0.29, 0.717) is 18.0 Å². The van der Waals surface area contributed by atoms with Crippen molar-refractivity contribution in [2.75, 3.05) is 13.1 Å². The second-order valence-electron chi connectivity index (χ2n) is 5.32. The van der Waals surface area contributed by atoms with E-state index in [4.69, 9.17) is 0 Å². The summed E-state index contributed by atoms with van der Waals surface area (Å²) in [5.41, 5.74) is 0. The molecule has 1 rings (SSSR count). The van der Waals surface area contributed by atoms with Crippen molar-refractivity contribution in [1.82, 2.24) is 10.2 Å². The first-order chi connectivity index (χ1) is 8.16. The van der Waals surface area contributed by atoms with E-state index in [2.05, 4.69) is 31.0 Å². The third-order valence-corrected chi connectivity index (χ3v) is 3.61. The van der Waals surface area contributed by atoms with Gasteiger partial charge in [-0.05, 0) is 20.3 Å². The van der Waals surface area contributed by atoms with Crippen LogP contribution in [0.4, 0.5) is 0 Å². The minimum atomic E-state index is 0.349. The molecule has 0 aromatic rings. The molecule has 2 atom stereocenters. The molecule has 1 aliphatic heterocycles. The van der Waals surface area contributed by atoms with Crippen LogP contribution in [0.3, 0.4) is 0 Å². The van der Waals surface area contributed by atoms with Gasteiger partial charge in [0.25, 0.3) is 0 Å². The van der Waals surface area contributed by atoms with E-state index < -0.39 is 0 Å². The van der Waals surface area contributed by atoms with Gasteiger partial charge >= 0.3 is 0 Å². The zero-order chi connectivity index (χ0) is 12.7. The van der Waals surface area contributed by atoms with Gasteiger partial charge in [-0.1, -0.05) is 32.6 Å². The van der Waals surface area contributed by atoms with Crippen molar-refractivity contribution in [3.05, 3.63) is 0 Å². The van der Waals surface area contributed by atoms with Crippen LogP contribution in [-0.4, -0.2) is 36.0 Å². The molecule has 1 saturated heterocycles. The Balaban J connectivity index is 2.25. The number of rotatable bonds is 6. The highest BCUT2D eigenvalue weighted by molar-refractivity contribution is 5.77. The Bertz CT molecular complexity index is 220. The molecule has 0 bridgehead atoms. The summed E-state index contributed by atoms with van der Waals surface area (Å²) in [6, 6.07) is 0.698. The third kappa shape index (κ3) is 4.66. The molecule has 0 spiro atoms. The molecule has 100 valence electrons. The lowest BCUT2D eigenvalue weighted by atomic mass is 10.1. The summed E-state index contributed by atoms with van der Waals surface area (Å²) in [6.07, 6.45) is 6.83. The van der Waals surface area contributed by atoms with Gasteiger partial charge in [0.15, 0.2) is 0 Å². The molecule has 3 nitrogen and oxygen atoms in total. The Morgan fingerprint density at radius 2 is 1.71 bits per heavy atom. The van der Waals surface area contributed by atoms with Gasteiger partial charge in [-0.25, -0.2) is 0 Å². The van der Waals surface area contributed by atoms with E-state index in [1.54, 1.807) is 0 Å². The van der Waals surface area contributed by atoms with Crippen LogP contribution in [0.5, 0.6) is 0 Å². The van der Waals surface area contributed by atoms with Gasteiger partial charge in [0.1, 0.15) is 0 Å². The van der Waals surface area contributed by atoms with Gasteiger partial charge < -0.3 is 10.2 Å². The first-order valence-corrected chi connectivity index (χ1v) is 7.18. The fourth-order valence-electron chi connectivity index (χ4n) is 2.63. The molecule has 1 heterocycles. The summed E-state index contributed by atoms with van der Waals surface area (Å²) < 4.78 is 0. The quantitative estimate of drug-likeness (QED) is 0.724. The summed E-state index contributed by atoms with van der Waals surface area (Å²) >= 11 is 0. The molecule has 1 N–H and O–H groups in total. The van der Waals surface area contributed by atoms with E-state index in [9.17, 15) is 4.79 Å². The topological polar surface area (TPSA) is 32.3 Å². The first-order valence-electron chi connectivity index (χ1n) is 7.18. The van der Waals surface area contributed by atoms with Crippen LogP contribution in [0.25, 0.3) is 0 Å². The van der Waals surface area contributed by atoms with Crippen molar-refractivity contribution in [2.24, 2.45) is 0 Å². The highest BCUT2D eigenvalue weighted by Gasteiger charge is 2.27. The largest absolute Gasteiger partial charge is 0.335 e. The normalized spacial score (nSPS) is 25.0. The molecule has 0 aliphatic carbocycles. The van der Waals surface area contributed by atoms with E-state index in [0.717, 1.165) is 25.9 Å². The summed E-state index contributed by atoms with van der Waals surface area (Å²) in [5, 5.41) is 3.36. The maximum Gasteiger partial charge on any atom is 0.223 e. The van der Waals surface area contributed by atoms with Crippen molar-refractivity contribution in [2.45, 2.75) is 71.4 Å². The second kappa shape index (κ2) is 7.70. The number of amides is 1. The van der Waals surface area contributed by atoms with Crippen molar-refractivity contribution in [3.63, 3.8) is 0 Å². The molecule has 0 aromatic carbocycles. The lowest BCUT2D eigenvalue weighted by Crippen LogP contribution is -2.57. The summed E-state index contributed by atoms with van der Waals surface area (Å²) in [5.74, 6) is 0.350. The van der Waals surface area contributed by atoms with Crippen molar-refractivity contribution < 1.29 is 4.79 Å². The molecular formula is C14H28N2O. The number of carbonyl (C=O) groups excluding carboxylic acids is 1. The van der Waals surface area contributed by atoms with Crippen molar-refractivity contribution in [1.29, 1.82) is 0 Å². The Labute approximate surface area is 106 Å². The van der Waals surface area contributed by atoms with Gasteiger partial charge in [-0.3, -0.25) is 4.79 Å².